The molecule has 0 aliphatic carbocycles. The van der Waals surface area contributed by atoms with Gasteiger partial charge in [-0.05, 0) is 33.2 Å². The zero-order valence-corrected chi connectivity index (χ0v) is 10.8. The summed E-state index contributed by atoms with van der Waals surface area (Å²) >= 11 is 0. The minimum Gasteiger partial charge on any atom is -0.305 e. The van der Waals surface area contributed by atoms with Crippen molar-refractivity contribution in [1.82, 2.24) is 10.2 Å². The number of rotatable bonds is 3. The van der Waals surface area contributed by atoms with E-state index in [1.165, 1.54) is 19.4 Å². The molecule has 1 N–H and O–H groups in total. The summed E-state index contributed by atoms with van der Waals surface area (Å²) in [6.07, 6.45) is 3.28. The SMILES string of the molecule is CC.CCC1CCN(C(C)C)C1NC. The Labute approximate surface area is 90.1 Å². The second-order valence-corrected chi connectivity index (χ2v) is 4.02. The highest BCUT2D eigenvalue weighted by molar-refractivity contribution is 4.85. The summed E-state index contributed by atoms with van der Waals surface area (Å²) in [4.78, 5) is 2.56. The third kappa shape index (κ3) is 3.25. The normalized spacial score (nSPS) is 27.6. The van der Waals surface area contributed by atoms with Crippen LogP contribution in [0.1, 0.15) is 47.5 Å². The largest absolute Gasteiger partial charge is 0.305 e. The highest BCUT2D eigenvalue weighted by atomic mass is 15.3. The van der Waals surface area contributed by atoms with E-state index < -0.39 is 0 Å². The molecule has 2 heteroatoms. The Morgan fingerprint density at radius 2 is 1.93 bits per heavy atom. The Balaban J connectivity index is 0.000000791. The Bertz CT molecular complexity index is 134. The summed E-state index contributed by atoms with van der Waals surface area (Å²) in [5.41, 5.74) is 0. The Hall–Kier alpha value is -0.0800. The van der Waals surface area contributed by atoms with E-state index in [2.05, 4.69) is 38.0 Å². The number of nitrogens with one attached hydrogen (secondary N) is 1. The van der Waals surface area contributed by atoms with Crippen LogP contribution in [0.2, 0.25) is 0 Å². The molecule has 0 aromatic heterocycles. The first-order valence-electron chi connectivity index (χ1n) is 6.13. The molecule has 0 amide bonds. The monoisotopic (exact) mass is 200 g/mol. The molecule has 0 bridgehead atoms. The van der Waals surface area contributed by atoms with Gasteiger partial charge in [0.1, 0.15) is 0 Å². The third-order valence-electron chi connectivity index (χ3n) is 3.05. The van der Waals surface area contributed by atoms with Gasteiger partial charge in [0.15, 0.2) is 0 Å². The van der Waals surface area contributed by atoms with Crippen LogP contribution in [0.3, 0.4) is 0 Å². The van der Waals surface area contributed by atoms with Crippen LogP contribution in [0.4, 0.5) is 0 Å². The highest BCUT2D eigenvalue weighted by Gasteiger charge is 2.32. The molecule has 1 heterocycles. The summed E-state index contributed by atoms with van der Waals surface area (Å²) in [5, 5.41) is 3.42. The van der Waals surface area contributed by atoms with Gasteiger partial charge in [-0.3, -0.25) is 4.90 Å². The minimum absolute atomic E-state index is 0.620. The van der Waals surface area contributed by atoms with Crippen LogP contribution in [0.15, 0.2) is 0 Å². The summed E-state index contributed by atoms with van der Waals surface area (Å²) in [6.45, 7) is 12.1. The molecule has 2 nitrogen and oxygen atoms in total. The Morgan fingerprint density at radius 3 is 2.29 bits per heavy atom. The molecule has 1 aliphatic heterocycles. The molecule has 1 aliphatic rings. The fraction of sp³-hybridized carbons (Fsp3) is 1.00. The fourth-order valence-electron chi connectivity index (χ4n) is 2.29. The van der Waals surface area contributed by atoms with Gasteiger partial charge in [0.25, 0.3) is 0 Å². The van der Waals surface area contributed by atoms with Crippen molar-refractivity contribution in [3.63, 3.8) is 0 Å². The summed E-state index contributed by atoms with van der Waals surface area (Å²) in [6, 6.07) is 0.680. The number of hydrogen-bond donors (Lipinski definition) is 1. The van der Waals surface area contributed by atoms with Crippen molar-refractivity contribution in [3.05, 3.63) is 0 Å². The van der Waals surface area contributed by atoms with Crippen LogP contribution in [0.5, 0.6) is 0 Å². The molecule has 14 heavy (non-hydrogen) atoms. The van der Waals surface area contributed by atoms with E-state index in [1.807, 2.05) is 13.8 Å². The summed E-state index contributed by atoms with van der Waals surface area (Å²) in [7, 11) is 2.08. The van der Waals surface area contributed by atoms with Crippen molar-refractivity contribution in [1.29, 1.82) is 0 Å². The van der Waals surface area contributed by atoms with Gasteiger partial charge in [-0.25, -0.2) is 0 Å². The lowest BCUT2D eigenvalue weighted by Crippen LogP contribution is -2.45. The first-order chi connectivity index (χ1) is 6.70. The van der Waals surface area contributed by atoms with Gasteiger partial charge in [-0.15, -0.1) is 0 Å². The molecule has 1 fully saturated rings. The molecule has 2 unspecified atom stereocenters. The molecule has 0 spiro atoms. The second-order valence-electron chi connectivity index (χ2n) is 4.02. The lowest BCUT2D eigenvalue weighted by molar-refractivity contribution is 0.157. The van der Waals surface area contributed by atoms with Crippen LogP contribution in [-0.2, 0) is 0 Å². The van der Waals surface area contributed by atoms with E-state index >= 15 is 0 Å². The third-order valence-corrected chi connectivity index (χ3v) is 3.05. The van der Waals surface area contributed by atoms with Gasteiger partial charge < -0.3 is 5.32 Å². The van der Waals surface area contributed by atoms with Gasteiger partial charge in [0.05, 0.1) is 6.17 Å². The Morgan fingerprint density at radius 1 is 1.36 bits per heavy atom. The van der Waals surface area contributed by atoms with Crippen LogP contribution in [0.25, 0.3) is 0 Å². The maximum atomic E-state index is 3.42. The molecular weight excluding hydrogens is 172 g/mol. The van der Waals surface area contributed by atoms with Gasteiger partial charge in [-0.2, -0.15) is 0 Å². The molecule has 0 aromatic carbocycles. The minimum atomic E-state index is 0.620. The standard InChI is InChI=1S/C10H22N2.C2H6/c1-5-9-6-7-12(8(2)3)10(9)11-4;1-2/h8-11H,5-7H2,1-4H3;1-2H3. The fourth-order valence-corrected chi connectivity index (χ4v) is 2.29. The van der Waals surface area contributed by atoms with Gasteiger partial charge >= 0.3 is 0 Å². The van der Waals surface area contributed by atoms with E-state index in [9.17, 15) is 0 Å². The maximum absolute atomic E-state index is 3.42. The average Bonchev–Trinajstić information content (AvgIpc) is 2.63. The maximum Gasteiger partial charge on any atom is 0.0626 e. The predicted octanol–water partition coefficient (Wildman–Crippen LogP) is 2.70. The van der Waals surface area contributed by atoms with Crippen molar-refractivity contribution < 1.29 is 0 Å². The summed E-state index contributed by atoms with van der Waals surface area (Å²) < 4.78 is 0. The van der Waals surface area contributed by atoms with E-state index in [0.29, 0.717) is 12.2 Å². The second kappa shape index (κ2) is 7.24. The quantitative estimate of drug-likeness (QED) is 0.753. The van der Waals surface area contributed by atoms with E-state index in [1.54, 1.807) is 0 Å². The predicted molar refractivity (Wildman–Crippen MR) is 64.4 cm³/mol. The molecule has 86 valence electrons. The topological polar surface area (TPSA) is 15.3 Å². The molecule has 0 saturated carbocycles. The lowest BCUT2D eigenvalue weighted by Gasteiger charge is -2.30. The van der Waals surface area contributed by atoms with E-state index in [4.69, 9.17) is 0 Å². The average molecular weight is 200 g/mol. The number of hydrogen-bond acceptors (Lipinski definition) is 2. The molecule has 1 rings (SSSR count). The molecule has 2 atom stereocenters. The lowest BCUT2D eigenvalue weighted by atomic mass is 10.0. The van der Waals surface area contributed by atoms with Gasteiger partial charge in [0, 0.05) is 12.6 Å². The van der Waals surface area contributed by atoms with Crippen LogP contribution in [-0.4, -0.2) is 30.7 Å². The van der Waals surface area contributed by atoms with Crippen molar-refractivity contribution in [2.24, 2.45) is 5.92 Å². The molecular formula is C12H28N2. The van der Waals surface area contributed by atoms with Crippen molar-refractivity contribution in [3.8, 4) is 0 Å². The van der Waals surface area contributed by atoms with E-state index in [0.717, 1.165) is 5.92 Å². The molecule has 0 radical (unpaired) electrons. The first kappa shape index (κ1) is 13.9. The van der Waals surface area contributed by atoms with Crippen LogP contribution < -0.4 is 5.32 Å². The Kier molecular flexibility index (Phi) is 7.20. The van der Waals surface area contributed by atoms with Crippen LogP contribution in [0, 0.1) is 5.92 Å². The van der Waals surface area contributed by atoms with Crippen LogP contribution >= 0.6 is 0 Å². The van der Waals surface area contributed by atoms with Crippen molar-refractivity contribution >= 4 is 0 Å². The number of likely N-dealkylation sites (tertiary alicyclic amines) is 1. The number of nitrogens with zero attached hydrogens (tertiary/aromatic N) is 1. The van der Waals surface area contributed by atoms with Crippen molar-refractivity contribution in [2.45, 2.75) is 59.7 Å². The smallest absolute Gasteiger partial charge is 0.0626 e. The van der Waals surface area contributed by atoms with Gasteiger partial charge in [0.2, 0.25) is 0 Å². The summed E-state index contributed by atoms with van der Waals surface area (Å²) in [5.74, 6) is 0.859. The highest BCUT2D eigenvalue weighted by Crippen LogP contribution is 2.26. The van der Waals surface area contributed by atoms with Crippen molar-refractivity contribution in [2.75, 3.05) is 13.6 Å². The molecule has 1 saturated heterocycles. The zero-order chi connectivity index (χ0) is 11.1. The zero-order valence-electron chi connectivity index (χ0n) is 10.8. The first-order valence-corrected chi connectivity index (χ1v) is 6.13. The molecule has 0 aromatic rings. The van der Waals surface area contributed by atoms with Gasteiger partial charge in [-0.1, -0.05) is 27.2 Å². The van der Waals surface area contributed by atoms with E-state index in [-0.39, 0.29) is 0 Å².